The monoisotopic (exact) mass is 1010 g/mol. The number of benzene rings is 9. The molecule has 3 nitrogen and oxygen atoms in total. The van der Waals surface area contributed by atoms with Crippen LogP contribution in [0.15, 0.2) is 243 Å². The molecule has 2 aromatic heterocycles. The van der Waals surface area contributed by atoms with Crippen molar-refractivity contribution in [3.05, 3.63) is 249 Å². The van der Waals surface area contributed by atoms with Crippen molar-refractivity contribution in [1.29, 1.82) is 0 Å². The summed E-state index contributed by atoms with van der Waals surface area (Å²) in [6.07, 6.45) is 1.93. The van der Waals surface area contributed by atoms with E-state index < -0.39 is 0 Å². The van der Waals surface area contributed by atoms with Gasteiger partial charge in [-0.05, 0) is 121 Å². The summed E-state index contributed by atoms with van der Waals surface area (Å²) in [5.41, 5.74) is 17.6. The van der Waals surface area contributed by atoms with Crippen LogP contribution in [0.2, 0.25) is 0 Å². The van der Waals surface area contributed by atoms with Crippen LogP contribution in [0.4, 0.5) is 0 Å². The van der Waals surface area contributed by atoms with Crippen molar-refractivity contribution in [1.82, 2.24) is 15.0 Å². The second-order valence-electron chi connectivity index (χ2n) is 16.0. The summed E-state index contributed by atoms with van der Waals surface area (Å²) in [5.74, 6) is 0.618. The first kappa shape index (κ1) is 41.1. The van der Waals surface area contributed by atoms with Crippen LogP contribution in [0.3, 0.4) is 0 Å². The minimum atomic E-state index is 0. The molecule has 2 heterocycles. The molecule has 0 saturated carbocycles. The predicted molar refractivity (Wildman–Crippen MR) is 265 cm³/mol. The third kappa shape index (κ3) is 8.87. The first-order chi connectivity index (χ1) is 31.7. The molecule has 0 amide bonds. The second kappa shape index (κ2) is 18.5. The van der Waals surface area contributed by atoms with E-state index in [1.54, 1.807) is 0 Å². The fraction of sp³-hybridized carbons (Fsp3) is 0. The average molecular weight is 1010 g/mol. The maximum Gasteiger partial charge on any atom is 0.142 e. The Morgan fingerprint density at radius 3 is 1.20 bits per heavy atom. The van der Waals surface area contributed by atoms with E-state index >= 15 is 0 Å². The van der Waals surface area contributed by atoms with Crippen LogP contribution in [-0.2, 0) is 20.1 Å². The van der Waals surface area contributed by atoms with Crippen LogP contribution in [0.1, 0.15) is 0 Å². The van der Waals surface area contributed by atoms with E-state index in [1.165, 1.54) is 11.1 Å². The SMILES string of the molecule is [Ir].[c-]1ccc(-c2nc(-c3cc(-c4ccccc4)cc(-c4ccccc4)c3)cc(-c3cc(-c4ccccc4)cc(-c4cccc(-c5ccccc5)c4)c3)n2)cc1-c1cc2ccccc2cn1. The molecular formula is C61H40IrN3-. The van der Waals surface area contributed by atoms with E-state index in [0.717, 1.165) is 94.6 Å². The molecule has 0 saturated heterocycles. The fourth-order valence-electron chi connectivity index (χ4n) is 8.47. The average Bonchev–Trinajstić information content (AvgIpc) is 3.39. The Hall–Kier alpha value is -7.88. The van der Waals surface area contributed by atoms with E-state index in [1.807, 2.05) is 24.4 Å². The van der Waals surface area contributed by atoms with E-state index in [-0.39, 0.29) is 20.1 Å². The zero-order chi connectivity index (χ0) is 42.7. The molecule has 0 bridgehead atoms. The molecule has 9 aromatic carbocycles. The zero-order valence-electron chi connectivity index (χ0n) is 35.3. The first-order valence-corrected chi connectivity index (χ1v) is 21.6. The third-order valence-corrected chi connectivity index (χ3v) is 11.8. The second-order valence-corrected chi connectivity index (χ2v) is 16.0. The summed E-state index contributed by atoms with van der Waals surface area (Å²) in [6.45, 7) is 0. The van der Waals surface area contributed by atoms with Crippen molar-refractivity contribution in [3.8, 4) is 101 Å². The van der Waals surface area contributed by atoms with Gasteiger partial charge in [0.1, 0.15) is 5.82 Å². The van der Waals surface area contributed by atoms with Crippen molar-refractivity contribution >= 4 is 10.8 Å². The van der Waals surface area contributed by atoms with Crippen molar-refractivity contribution in [3.63, 3.8) is 0 Å². The molecule has 4 heteroatoms. The molecule has 309 valence electrons. The van der Waals surface area contributed by atoms with Crippen LogP contribution < -0.4 is 0 Å². The molecule has 65 heavy (non-hydrogen) atoms. The molecule has 0 aliphatic carbocycles. The van der Waals surface area contributed by atoms with Gasteiger partial charge in [-0.2, -0.15) is 0 Å². The van der Waals surface area contributed by atoms with Crippen molar-refractivity contribution in [2.45, 2.75) is 0 Å². The minimum Gasteiger partial charge on any atom is -0.304 e. The van der Waals surface area contributed by atoms with Crippen LogP contribution >= 0.6 is 0 Å². The first-order valence-electron chi connectivity index (χ1n) is 21.6. The Morgan fingerprint density at radius 2 is 0.677 bits per heavy atom. The van der Waals surface area contributed by atoms with E-state index in [9.17, 15) is 0 Å². The Labute approximate surface area is 393 Å². The smallest absolute Gasteiger partial charge is 0.142 e. The van der Waals surface area contributed by atoms with Crippen LogP contribution in [0.5, 0.6) is 0 Å². The predicted octanol–water partition coefficient (Wildman–Crippen LogP) is 15.8. The molecule has 0 spiro atoms. The number of aromatic nitrogens is 3. The molecule has 1 radical (unpaired) electrons. The van der Waals surface area contributed by atoms with Crippen LogP contribution in [-0.4, -0.2) is 15.0 Å². The largest absolute Gasteiger partial charge is 0.304 e. The van der Waals surface area contributed by atoms with Gasteiger partial charge in [0.2, 0.25) is 0 Å². The van der Waals surface area contributed by atoms with Crippen LogP contribution in [0, 0.1) is 6.07 Å². The quantitative estimate of drug-likeness (QED) is 0.135. The molecule has 0 atom stereocenters. The molecule has 11 aromatic rings. The summed E-state index contributed by atoms with van der Waals surface area (Å²) in [7, 11) is 0. The third-order valence-electron chi connectivity index (χ3n) is 11.8. The summed E-state index contributed by atoms with van der Waals surface area (Å²) >= 11 is 0. The van der Waals surface area contributed by atoms with Crippen molar-refractivity contribution in [2.75, 3.05) is 0 Å². The summed E-state index contributed by atoms with van der Waals surface area (Å²) < 4.78 is 0. The molecule has 0 aliphatic rings. The van der Waals surface area contributed by atoms with E-state index in [0.29, 0.717) is 5.82 Å². The molecule has 0 fully saturated rings. The van der Waals surface area contributed by atoms with Gasteiger partial charge in [0.25, 0.3) is 0 Å². The van der Waals surface area contributed by atoms with Gasteiger partial charge < -0.3 is 4.98 Å². The molecule has 11 rings (SSSR count). The van der Waals surface area contributed by atoms with Crippen molar-refractivity contribution in [2.24, 2.45) is 0 Å². The molecule has 0 aliphatic heterocycles. The fourth-order valence-corrected chi connectivity index (χ4v) is 8.47. The number of nitrogens with zero attached hydrogens (tertiary/aromatic N) is 3. The minimum absolute atomic E-state index is 0. The Bertz CT molecular complexity index is 3370. The van der Waals surface area contributed by atoms with Gasteiger partial charge in [-0.25, -0.2) is 9.97 Å². The summed E-state index contributed by atoms with van der Waals surface area (Å²) in [6, 6.07) is 86.8. The van der Waals surface area contributed by atoms with Gasteiger partial charge in [0.05, 0.1) is 11.4 Å². The number of hydrogen-bond donors (Lipinski definition) is 0. The zero-order valence-corrected chi connectivity index (χ0v) is 37.7. The van der Waals surface area contributed by atoms with E-state index in [2.05, 4.69) is 224 Å². The number of rotatable bonds is 9. The Balaban J connectivity index is 0.00000498. The van der Waals surface area contributed by atoms with Gasteiger partial charge in [-0.3, -0.25) is 0 Å². The van der Waals surface area contributed by atoms with Crippen LogP contribution in [0.25, 0.3) is 112 Å². The number of fused-ring (bicyclic) bond motifs is 1. The van der Waals surface area contributed by atoms with Gasteiger partial charge >= 0.3 is 0 Å². The van der Waals surface area contributed by atoms with Crippen molar-refractivity contribution < 1.29 is 20.1 Å². The Morgan fingerprint density at radius 1 is 0.277 bits per heavy atom. The molecular weight excluding hydrogens is 967 g/mol. The molecule has 0 N–H and O–H groups in total. The molecule has 0 unspecified atom stereocenters. The number of hydrogen-bond acceptors (Lipinski definition) is 3. The maximum atomic E-state index is 5.43. The Kier molecular flexibility index (Phi) is 11.7. The van der Waals surface area contributed by atoms with E-state index in [4.69, 9.17) is 15.0 Å². The van der Waals surface area contributed by atoms with Gasteiger partial charge in [-0.15, -0.1) is 29.8 Å². The number of pyridine rings is 1. The van der Waals surface area contributed by atoms with Gasteiger partial charge in [-0.1, -0.05) is 175 Å². The van der Waals surface area contributed by atoms with Gasteiger partial charge in [0, 0.05) is 37.4 Å². The normalized spacial score (nSPS) is 11.0. The van der Waals surface area contributed by atoms with Gasteiger partial charge in [0.15, 0.2) is 0 Å². The summed E-state index contributed by atoms with van der Waals surface area (Å²) in [5, 5.41) is 2.22. The topological polar surface area (TPSA) is 38.7 Å². The summed E-state index contributed by atoms with van der Waals surface area (Å²) in [4.78, 5) is 15.7. The standard InChI is InChI=1S/C61H40N3.Ir/c1-5-17-42(18-6-1)46-27-15-28-47(31-46)55-34-54(45-23-11-4-12-24-45)37-57(38-55)60-40-59(56-35-52(43-19-7-2-8-20-43)33-53(36-56)44-21-9-3-10-22-44)63-61(64-60)50-30-16-29-49(32-50)58-39-48-25-13-14-26-51(48)41-62-58;/h1-28,30-41H;/q-1;. The maximum absolute atomic E-state index is 5.43.